The van der Waals surface area contributed by atoms with Crippen molar-refractivity contribution >= 4 is 43.6 Å². The second-order valence-corrected chi connectivity index (χ2v) is 12.0. The number of aliphatic hydroxyl groups excluding tert-OH is 1. The number of hydrogen-bond donors (Lipinski definition) is 1. The fraction of sp³-hybridized carbons (Fsp3) is 0.360. The molecule has 0 saturated carbocycles. The average molecular weight is 571 g/mol. The number of rotatable bonds is 8. The Hall–Kier alpha value is -3.64. The van der Waals surface area contributed by atoms with Gasteiger partial charge in [-0.3, -0.25) is 0 Å². The Morgan fingerprint density at radius 2 is 1.87 bits per heavy atom. The van der Waals surface area contributed by atoms with E-state index in [-0.39, 0.29) is 11.6 Å². The summed E-state index contributed by atoms with van der Waals surface area (Å²) in [6.45, 7) is 3.14. The number of halogens is 1. The van der Waals surface area contributed by atoms with Crippen LogP contribution >= 0.6 is 11.3 Å². The van der Waals surface area contributed by atoms with Crippen molar-refractivity contribution in [3.8, 4) is 17.3 Å². The van der Waals surface area contributed by atoms with Crippen molar-refractivity contribution in [1.82, 2.24) is 23.9 Å². The molecule has 0 amide bonds. The maximum Gasteiger partial charge on any atom is 0.216 e. The molecule has 0 unspecified atom stereocenters. The Balaban J connectivity index is 1.47. The number of aromatic nitrogens is 4. The Morgan fingerprint density at radius 3 is 2.51 bits per heavy atom. The average Bonchev–Trinajstić information content (AvgIpc) is 3.54. The van der Waals surface area contributed by atoms with E-state index < -0.39 is 16.6 Å². The SMILES string of the molecule is CCc1nn2ccc(N3CCN(S(=O)(=O)CCO)CC3)nc2c1N(C)c1nc(-c2ccc(F)cc2)c(C#N)s1. The van der Waals surface area contributed by atoms with Crippen LogP contribution in [0.3, 0.4) is 0 Å². The number of aryl methyl sites for hydroxylation is 1. The quantitative estimate of drug-likeness (QED) is 0.340. The van der Waals surface area contributed by atoms with Crippen LogP contribution in [0.4, 0.5) is 21.0 Å². The Kier molecular flexibility index (Phi) is 7.50. The van der Waals surface area contributed by atoms with Crippen LogP contribution in [0.25, 0.3) is 16.9 Å². The third-order valence-electron chi connectivity index (χ3n) is 6.61. The van der Waals surface area contributed by atoms with Gasteiger partial charge in [0, 0.05) is 45.0 Å². The number of anilines is 3. The fourth-order valence-electron chi connectivity index (χ4n) is 4.58. The molecule has 0 spiro atoms. The van der Waals surface area contributed by atoms with Crippen molar-refractivity contribution in [2.75, 3.05) is 55.4 Å². The molecule has 4 heterocycles. The first-order valence-electron chi connectivity index (χ1n) is 12.4. The number of benzene rings is 1. The van der Waals surface area contributed by atoms with Crippen LogP contribution in [-0.2, 0) is 16.4 Å². The standard InChI is InChI=1S/C25H27FN8O3S2/c1-3-19-23(31(2)25-29-22(20(16-27)38-25)17-4-6-18(26)7-5-17)24-28-21(8-9-34(24)30-19)32-10-12-33(13-11-32)39(36,37)15-14-35/h4-9,35H,3,10-15H2,1-2H3. The summed E-state index contributed by atoms with van der Waals surface area (Å²) in [5, 5.41) is 24.1. The van der Waals surface area contributed by atoms with Crippen molar-refractivity contribution in [1.29, 1.82) is 5.26 Å². The lowest BCUT2D eigenvalue weighted by molar-refractivity contribution is 0.312. The third-order valence-corrected chi connectivity index (χ3v) is 9.50. The van der Waals surface area contributed by atoms with E-state index in [1.165, 1.54) is 27.8 Å². The van der Waals surface area contributed by atoms with Gasteiger partial charge in [0.2, 0.25) is 10.0 Å². The highest BCUT2D eigenvalue weighted by Gasteiger charge is 2.28. The van der Waals surface area contributed by atoms with Crippen LogP contribution < -0.4 is 9.80 Å². The monoisotopic (exact) mass is 570 g/mol. The van der Waals surface area contributed by atoms with E-state index >= 15 is 0 Å². The number of hydrogen-bond acceptors (Lipinski definition) is 10. The molecule has 4 aromatic rings. The van der Waals surface area contributed by atoms with Crippen molar-refractivity contribution in [3.63, 3.8) is 0 Å². The highest BCUT2D eigenvalue weighted by molar-refractivity contribution is 7.89. The van der Waals surface area contributed by atoms with E-state index in [0.29, 0.717) is 65.3 Å². The van der Waals surface area contributed by atoms with Crippen LogP contribution in [-0.4, -0.2) is 83.0 Å². The zero-order valence-corrected chi connectivity index (χ0v) is 23.1. The van der Waals surface area contributed by atoms with Gasteiger partial charge >= 0.3 is 0 Å². The van der Waals surface area contributed by atoms with Crippen molar-refractivity contribution in [3.05, 3.63) is 52.9 Å². The number of aliphatic hydroxyl groups is 1. The summed E-state index contributed by atoms with van der Waals surface area (Å²) >= 11 is 1.24. The summed E-state index contributed by atoms with van der Waals surface area (Å²) in [6.07, 6.45) is 2.47. The third kappa shape index (κ3) is 5.18. The van der Waals surface area contributed by atoms with Crippen LogP contribution in [0.2, 0.25) is 0 Å². The molecule has 0 radical (unpaired) electrons. The lowest BCUT2D eigenvalue weighted by atomic mass is 10.1. The highest BCUT2D eigenvalue weighted by atomic mass is 32.2. The van der Waals surface area contributed by atoms with Crippen molar-refractivity contribution < 1.29 is 17.9 Å². The molecule has 1 fully saturated rings. The van der Waals surface area contributed by atoms with E-state index in [4.69, 9.17) is 20.2 Å². The molecule has 11 nitrogen and oxygen atoms in total. The van der Waals surface area contributed by atoms with Gasteiger partial charge in [-0.15, -0.1) is 0 Å². The molecule has 14 heteroatoms. The first kappa shape index (κ1) is 26.9. The molecular formula is C25H27FN8O3S2. The second kappa shape index (κ2) is 10.9. The van der Waals surface area contributed by atoms with Gasteiger partial charge < -0.3 is 14.9 Å². The summed E-state index contributed by atoms with van der Waals surface area (Å²) in [6, 6.07) is 9.94. The van der Waals surface area contributed by atoms with Crippen LogP contribution in [0.15, 0.2) is 36.5 Å². The molecule has 39 heavy (non-hydrogen) atoms. The van der Waals surface area contributed by atoms with Crippen LogP contribution in [0, 0.1) is 17.1 Å². The second-order valence-electron chi connectivity index (χ2n) is 8.98. The van der Waals surface area contributed by atoms with E-state index in [9.17, 15) is 18.1 Å². The summed E-state index contributed by atoms with van der Waals surface area (Å²) in [4.78, 5) is 13.9. The van der Waals surface area contributed by atoms with E-state index in [1.54, 1.807) is 16.6 Å². The van der Waals surface area contributed by atoms with Gasteiger partial charge in [-0.05, 0) is 36.8 Å². The molecular weight excluding hydrogens is 543 g/mol. The molecule has 0 bridgehead atoms. The number of fused-ring (bicyclic) bond motifs is 1. The van der Waals surface area contributed by atoms with Gasteiger partial charge in [0.15, 0.2) is 10.8 Å². The Bertz CT molecular complexity index is 1640. The van der Waals surface area contributed by atoms with E-state index in [0.717, 1.165) is 11.4 Å². The summed E-state index contributed by atoms with van der Waals surface area (Å²) in [5.41, 5.74) is 3.31. The molecule has 0 atom stereocenters. The number of thiazole rings is 1. The van der Waals surface area contributed by atoms with Gasteiger partial charge in [-0.2, -0.15) is 14.7 Å². The number of nitrogens with zero attached hydrogens (tertiary/aromatic N) is 8. The minimum absolute atomic E-state index is 0.282. The van der Waals surface area contributed by atoms with Gasteiger partial charge in [-0.25, -0.2) is 27.3 Å². The Labute approximate surface area is 229 Å². The molecule has 204 valence electrons. The molecule has 1 N–H and O–H groups in total. The summed E-state index contributed by atoms with van der Waals surface area (Å²) < 4.78 is 41.2. The topological polar surface area (TPSA) is 131 Å². The van der Waals surface area contributed by atoms with Gasteiger partial charge in [0.05, 0.1) is 18.1 Å². The number of nitriles is 1. The molecule has 1 aliphatic heterocycles. The molecule has 1 saturated heterocycles. The first-order valence-corrected chi connectivity index (χ1v) is 14.8. The smallest absolute Gasteiger partial charge is 0.216 e. The summed E-state index contributed by atoms with van der Waals surface area (Å²) in [7, 11) is -1.63. The molecule has 1 aliphatic rings. The van der Waals surface area contributed by atoms with Gasteiger partial charge in [-0.1, -0.05) is 18.3 Å². The lowest BCUT2D eigenvalue weighted by Crippen LogP contribution is -2.49. The predicted molar refractivity (Wildman–Crippen MR) is 147 cm³/mol. The zero-order valence-electron chi connectivity index (χ0n) is 21.4. The first-order chi connectivity index (χ1) is 18.7. The van der Waals surface area contributed by atoms with Crippen LogP contribution in [0.5, 0.6) is 0 Å². The maximum absolute atomic E-state index is 13.5. The minimum atomic E-state index is -3.48. The lowest BCUT2D eigenvalue weighted by Gasteiger charge is -2.34. The normalized spacial score (nSPS) is 14.6. The summed E-state index contributed by atoms with van der Waals surface area (Å²) in [5.74, 6) is 0.0527. The van der Waals surface area contributed by atoms with Gasteiger partial charge in [0.1, 0.15) is 34.0 Å². The van der Waals surface area contributed by atoms with Crippen molar-refractivity contribution in [2.45, 2.75) is 13.3 Å². The molecule has 3 aromatic heterocycles. The zero-order chi connectivity index (χ0) is 27.7. The molecule has 0 aliphatic carbocycles. The van der Waals surface area contributed by atoms with E-state index in [2.05, 4.69) is 6.07 Å². The fourth-order valence-corrected chi connectivity index (χ4v) is 6.64. The van der Waals surface area contributed by atoms with Crippen molar-refractivity contribution in [2.24, 2.45) is 0 Å². The molecule has 5 rings (SSSR count). The number of piperazine rings is 1. The minimum Gasteiger partial charge on any atom is -0.395 e. The maximum atomic E-state index is 13.5. The largest absolute Gasteiger partial charge is 0.395 e. The Morgan fingerprint density at radius 1 is 1.15 bits per heavy atom. The predicted octanol–water partition coefficient (Wildman–Crippen LogP) is 2.64. The number of sulfonamides is 1. The van der Waals surface area contributed by atoms with Crippen LogP contribution in [0.1, 0.15) is 17.5 Å². The van der Waals surface area contributed by atoms with E-state index in [1.807, 2.05) is 36.0 Å². The highest BCUT2D eigenvalue weighted by Crippen LogP contribution is 2.38. The molecule has 1 aromatic carbocycles. The van der Waals surface area contributed by atoms with Gasteiger partial charge in [0.25, 0.3) is 0 Å².